The number of Topliss-reactive ketones (excluding diaryl/α,β-unsaturated/α-hetero) is 1. The van der Waals surface area contributed by atoms with Gasteiger partial charge in [0.25, 0.3) is 0 Å². The summed E-state index contributed by atoms with van der Waals surface area (Å²) in [5, 5.41) is 11.9. The molecule has 2 aromatic rings. The molecule has 0 aromatic heterocycles. The molecule has 0 saturated heterocycles. The third-order valence-corrected chi connectivity index (χ3v) is 7.20. The van der Waals surface area contributed by atoms with E-state index in [1.54, 1.807) is 0 Å². The summed E-state index contributed by atoms with van der Waals surface area (Å²) in [4.78, 5) is 38.3. The van der Waals surface area contributed by atoms with Gasteiger partial charge in [-0.2, -0.15) is 12.6 Å². The van der Waals surface area contributed by atoms with Crippen LogP contribution in [0.1, 0.15) is 45.1 Å². The van der Waals surface area contributed by atoms with Crippen LogP contribution < -0.4 is 5.32 Å². The summed E-state index contributed by atoms with van der Waals surface area (Å²) in [6.45, 7) is 3.80. The predicted molar refractivity (Wildman–Crippen MR) is 129 cm³/mol. The van der Waals surface area contributed by atoms with Gasteiger partial charge in [-0.05, 0) is 35.4 Å². The maximum absolute atomic E-state index is 13.3. The number of hydrogen-bond acceptors (Lipinski definition) is 4. The molecule has 0 aliphatic heterocycles. The second-order valence-corrected chi connectivity index (χ2v) is 9.53. The number of aliphatic carboxylic acids is 1. The topological polar surface area (TPSA) is 83.5 Å². The molecule has 0 heterocycles. The fraction of sp³-hybridized carbons (Fsp3) is 0.423. The molecule has 0 radical (unpaired) electrons. The molecule has 1 fully saturated rings. The average molecular weight is 454 g/mol. The van der Waals surface area contributed by atoms with Gasteiger partial charge in [-0.25, -0.2) is 4.79 Å². The summed E-state index contributed by atoms with van der Waals surface area (Å²) in [6, 6.07) is 16.5. The van der Waals surface area contributed by atoms with E-state index >= 15 is 0 Å². The lowest BCUT2D eigenvalue weighted by atomic mass is 9.77. The minimum atomic E-state index is -1.18. The van der Waals surface area contributed by atoms with Crippen molar-refractivity contribution < 1.29 is 19.5 Å². The quantitative estimate of drug-likeness (QED) is 0.384. The number of carboxylic acids is 1. The number of amides is 1. The molecule has 2 aromatic carbocycles. The van der Waals surface area contributed by atoms with Crippen molar-refractivity contribution >= 4 is 30.3 Å². The zero-order valence-corrected chi connectivity index (χ0v) is 19.5. The molecular formula is C26H31NO4S. The summed E-state index contributed by atoms with van der Waals surface area (Å²) in [6.07, 6.45) is 2.58. The lowest BCUT2D eigenvalue weighted by Crippen LogP contribution is -2.53. The number of nitrogens with one attached hydrogen (secondary N) is 1. The Bertz CT molecular complexity index is 950. The Hall–Kier alpha value is -2.60. The smallest absolute Gasteiger partial charge is 0.326 e. The Labute approximate surface area is 195 Å². The molecule has 0 unspecified atom stereocenters. The van der Waals surface area contributed by atoms with E-state index in [2.05, 4.69) is 17.9 Å². The summed E-state index contributed by atoms with van der Waals surface area (Å²) in [5.41, 5.74) is 1.74. The van der Waals surface area contributed by atoms with Crippen molar-refractivity contribution in [3.8, 4) is 11.1 Å². The van der Waals surface area contributed by atoms with Crippen molar-refractivity contribution in [1.29, 1.82) is 0 Å². The van der Waals surface area contributed by atoms with Gasteiger partial charge in [-0.15, -0.1) is 0 Å². The Morgan fingerprint density at radius 1 is 0.969 bits per heavy atom. The average Bonchev–Trinajstić information content (AvgIpc) is 3.30. The highest BCUT2D eigenvalue weighted by molar-refractivity contribution is 7.81. The second-order valence-electron chi connectivity index (χ2n) is 8.97. The van der Waals surface area contributed by atoms with E-state index in [0.717, 1.165) is 29.5 Å². The maximum atomic E-state index is 13.3. The van der Waals surface area contributed by atoms with Crippen LogP contribution >= 0.6 is 12.6 Å². The monoisotopic (exact) mass is 453 g/mol. The first-order valence-corrected chi connectivity index (χ1v) is 11.7. The third-order valence-electron chi connectivity index (χ3n) is 6.37. The number of carbonyl (C=O) groups excluding carboxylic acids is 2. The van der Waals surface area contributed by atoms with Gasteiger partial charge in [0.15, 0.2) is 5.78 Å². The van der Waals surface area contributed by atoms with Crippen LogP contribution in [0.2, 0.25) is 0 Å². The molecule has 0 bridgehead atoms. The van der Waals surface area contributed by atoms with Gasteiger partial charge in [0, 0.05) is 6.42 Å². The fourth-order valence-corrected chi connectivity index (χ4v) is 4.59. The number of thiol groups is 1. The van der Waals surface area contributed by atoms with E-state index in [9.17, 15) is 19.5 Å². The SMILES string of the molecule is CC(C)[C@H](S)C(=O)C1(C(=O)N[C@@H](Cc2ccc(-c3ccccc3)cc2)C(=O)O)CCCC1. The summed E-state index contributed by atoms with van der Waals surface area (Å²) < 4.78 is 0. The molecule has 5 nitrogen and oxygen atoms in total. The Balaban J connectivity index is 1.75. The minimum absolute atomic E-state index is 0.00509. The Morgan fingerprint density at radius 3 is 2.06 bits per heavy atom. The van der Waals surface area contributed by atoms with Crippen molar-refractivity contribution in [3.63, 3.8) is 0 Å². The van der Waals surface area contributed by atoms with Crippen LogP contribution in [0.25, 0.3) is 11.1 Å². The van der Waals surface area contributed by atoms with Gasteiger partial charge in [-0.1, -0.05) is 81.3 Å². The molecule has 2 N–H and O–H groups in total. The van der Waals surface area contributed by atoms with Crippen LogP contribution in [0.5, 0.6) is 0 Å². The summed E-state index contributed by atoms with van der Waals surface area (Å²) in [7, 11) is 0. The number of ketones is 1. The van der Waals surface area contributed by atoms with Crippen molar-refractivity contribution in [3.05, 3.63) is 60.2 Å². The zero-order chi connectivity index (χ0) is 23.3. The first-order valence-electron chi connectivity index (χ1n) is 11.1. The highest BCUT2D eigenvalue weighted by Crippen LogP contribution is 2.42. The van der Waals surface area contributed by atoms with Crippen molar-refractivity contribution in [1.82, 2.24) is 5.32 Å². The Kier molecular flexibility index (Phi) is 7.77. The molecule has 2 atom stereocenters. The zero-order valence-electron chi connectivity index (χ0n) is 18.6. The molecule has 1 aliphatic rings. The number of carboxylic acid groups (broad SMARTS) is 1. The van der Waals surface area contributed by atoms with Crippen LogP contribution in [0.3, 0.4) is 0 Å². The molecule has 6 heteroatoms. The van der Waals surface area contributed by atoms with Gasteiger partial charge in [-0.3, -0.25) is 9.59 Å². The lowest BCUT2D eigenvalue weighted by molar-refractivity contribution is -0.147. The van der Waals surface area contributed by atoms with Crippen LogP contribution in [0, 0.1) is 11.3 Å². The van der Waals surface area contributed by atoms with Gasteiger partial charge >= 0.3 is 5.97 Å². The minimum Gasteiger partial charge on any atom is -0.480 e. The molecule has 1 saturated carbocycles. The molecule has 32 heavy (non-hydrogen) atoms. The number of benzene rings is 2. The molecule has 3 rings (SSSR count). The molecule has 1 aliphatic carbocycles. The highest BCUT2D eigenvalue weighted by atomic mass is 32.1. The lowest BCUT2D eigenvalue weighted by Gasteiger charge is -2.31. The van der Waals surface area contributed by atoms with E-state index in [1.807, 2.05) is 68.4 Å². The highest BCUT2D eigenvalue weighted by Gasteiger charge is 2.50. The Morgan fingerprint density at radius 2 is 1.53 bits per heavy atom. The number of carbonyl (C=O) groups is 3. The largest absolute Gasteiger partial charge is 0.480 e. The summed E-state index contributed by atoms with van der Waals surface area (Å²) >= 11 is 4.45. The van der Waals surface area contributed by atoms with Crippen LogP contribution in [0.4, 0.5) is 0 Å². The molecule has 1 amide bonds. The molecular weight excluding hydrogens is 422 g/mol. The van der Waals surface area contributed by atoms with Gasteiger partial charge < -0.3 is 10.4 Å². The second kappa shape index (κ2) is 10.3. The first-order chi connectivity index (χ1) is 15.2. The van der Waals surface area contributed by atoms with Crippen molar-refractivity contribution in [2.75, 3.05) is 0 Å². The van der Waals surface area contributed by atoms with E-state index in [4.69, 9.17) is 0 Å². The fourth-order valence-electron chi connectivity index (χ4n) is 4.35. The normalized spacial score (nSPS) is 17.0. The number of rotatable bonds is 9. The van der Waals surface area contributed by atoms with Crippen LogP contribution in [-0.2, 0) is 20.8 Å². The van der Waals surface area contributed by atoms with Crippen molar-refractivity contribution in [2.45, 2.75) is 57.2 Å². The molecule has 0 spiro atoms. The van der Waals surface area contributed by atoms with E-state index in [-0.39, 0.29) is 18.1 Å². The first kappa shape index (κ1) is 24.1. The molecule has 170 valence electrons. The van der Waals surface area contributed by atoms with Gasteiger partial charge in [0.1, 0.15) is 11.5 Å². The van der Waals surface area contributed by atoms with E-state index < -0.39 is 28.6 Å². The van der Waals surface area contributed by atoms with Crippen LogP contribution in [0.15, 0.2) is 54.6 Å². The standard InChI is InChI=1S/C26H31NO4S/c1-17(2)22(32)23(28)26(14-6-7-15-26)25(31)27-21(24(29)30)16-18-10-12-20(13-11-18)19-8-4-3-5-9-19/h3-5,8-13,17,21-22,32H,6-7,14-16H2,1-2H3,(H,27,31)(H,29,30)/t21-,22-/m0/s1. The van der Waals surface area contributed by atoms with E-state index in [0.29, 0.717) is 12.8 Å². The maximum Gasteiger partial charge on any atom is 0.326 e. The third kappa shape index (κ3) is 5.23. The van der Waals surface area contributed by atoms with Gasteiger partial charge in [0.2, 0.25) is 5.91 Å². The van der Waals surface area contributed by atoms with Crippen molar-refractivity contribution in [2.24, 2.45) is 11.3 Å². The predicted octanol–water partition coefficient (Wildman–Crippen LogP) is 4.55. The van der Waals surface area contributed by atoms with Gasteiger partial charge in [0.05, 0.1) is 5.25 Å². The summed E-state index contributed by atoms with van der Waals surface area (Å²) in [5.74, 6) is -1.79. The number of hydrogen-bond donors (Lipinski definition) is 3. The van der Waals surface area contributed by atoms with E-state index in [1.165, 1.54) is 0 Å². The van der Waals surface area contributed by atoms with Crippen LogP contribution in [-0.4, -0.2) is 34.1 Å².